The summed E-state index contributed by atoms with van der Waals surface area (Å²) in [5, 5.41) is 63.8. The predicted molar refractivity (Wildman–Crippen MR) is 299 cm³/mol. The van der Waals surface area contributed by atoms with E-state index in [1.165, 1.54) is 14.0 Å². The van der Waals surface area contributed by atoms with Crippen LogP contribution < -0.4 is 0 Å². The van der Waals surface area contributed by atoms with Gasteiger partial charge in [0, 0.05) is 77.1 Å². The fraction of sp³-hybridized carbons (Fsp3) is 0.984. The molecule has 9 saturated heterocycles. The minimum absolute atomic E-state index is 0.0135. The van der Waals surface area contributed by atoms with Gasteiger partial charge in [0.05, 0.1) is 99.0 Å². The smallest absolute Gasteiger partial charge is 0.302 e. The third-order valence-electron chi connectivity index (χ3n) is 22.8. The van der Waals surface area contributed by atoms with E-state index in [0.717, 1.165) is 44.9 Å². The van der Waals surface area contributed by atoms with Gasteiger partial charge in [0.15, 0.2) is 49.3 Å². The van der Waals surface area contributed by atoms with Crippen LogP contribution in [0.4, 0.5) is 0 Å². The number of hydrogen-bond acceptors (Lipinski definition) is 26. The third kappa shape index (κ3) is 12.0. The van der Waals surface area contributed by atoms with Crippen molar-refractivity contribution in [2.45, 2.75) is 310 Å². The molecule has 0 unspecified atom stereocenters. The Kier molecular flexibility index (Phi) is 19.8. The average molecular weight is 1260 g/mol. The van der Waals surface area contributed by atoms with Crippen molar-refractivity contribution in [3.8, 4) is 0 Å². The lowest BCUT2D eigenvalue weighted by atomic mass is 9.45. The van der Waals surface area contributed by atoms with Gasteiger partial charge in [-0.3, -0.25) is 4.79 Å². The molecule has 504 valence electrons. The summed E-state index contributed by atoms with van der Waals surface area (Å²) in [6.45, 7) is 15.4. The summed E-state index contributed by atoms with van der Waals surface area (Å²) in [6, 6.07) is 0. The number of fused-ring (bicyclic) bond motifs is 3. The quantitative estimate of drug-likeness (QED) is 0.0846. The van der Waals surface area contributed by atoms with Gasteiger partial charge >= 0.3 is 5.97 Å². The molecule has 0 aromatic carbocycles. The maximum atomic E-state index is 12.5. The van der Waals surface area contributed by atoms with Crippen molar-refractivity contribution in [2.75, 3.05) is 41.2 Å². The second-order valence-electron chi connectivity index (χ2n) is 27.9. The largest absolute Gasteiger partial charge is 0.465 e. The fourth-order valence-electron chi connectivity index (χ4n) is 18.5. The molecule has 0 aromatic heterocycles. The summed E-state index contributed by atoms with van der Waals surface area (Å²) >= 11 is 0. The van der Waals surface area contributed by atoms with Crippen LogP contribution in [0.25, 0.3) is 0 Å². The first kappa shape index (κ1) is 66.5. The van der Waals surface area contributed by atoms with Gasteiger partial charge in [-0.25, -0.2) is 0 Å². The summed E-state index contributed by atoms with van der Waals surface area (Å²) in [5.41, 5.74) is -0.355. The Labute approximate surface area is 515 Å². The summed E-state index contributed by atoms with van der Waals surface area (Å²) in [4.78, 5) is 12.5. The average Bonchev–Trinajstić information content (AvgIpc) is 1.47. The first-order valence-electron chi connectivity index (χ1n) is 32.6. The molecule has 9 heterocycles. The van der Waals surface area contributed by atoms with E-state index in [-0.39, 0.29) is 78.0 Å². The second-order valence-corrected chi connectivity index (χ2v) is 27.9. The maximum Gasteiger partial charge on any atom is 0.302 e. The Morgan fingerprint density at radius 1 is 0.545 bits per heavy atom. The van der Waals surface area contributed by atoms with E-state index in [0.29, 0.717) is 26.1 Å². The van der Waals surface area contributed by atoms with Crippen molar-refractivity contribution in [3.05, 3.63) is 0 Å². The van der Waals surface area contributed by atoms with Crippen LogP contribution >= 0.6 is 0 Å². The van der Waals surface area contributed by atoms with Crippen molar-refractivity contribution < 1.29 is 125 Å². The minimum atomic E-state index is -1.62. The van der Waals surface area contributed by atoms with Gasteiger partial charge < -0.3 is 121 Å². The second kappa shape index (κ2) is 26.3. The standard InChI is InChI=1S/C62H100O26/c1-27-52(82-44-19-37(65)53(28(2)75-44)83-47-23-41(72-11)56(31(5)79-47)86-58-51(69)50(68)49(67)42(24-63)81-58)38(66)20-45(76-27)84-54-30(4)78-48(22-40(54)71-10)85-55-29(3)77-46(21-39(55)70-9)80-34-14-17-61(26-73-32(6)64)33(18-34)12-13-36-35(61)15-16-59(7)57-43-25-74-60(57,8)88-62(36,59)87-43/h27-31,33-58,63,65-69H,12-26H2,1-11H3/t27-,28-,29-,30-,31-,33+,34+,35+,36-,37+,38-,39+,40+,41-,42-,43-,44+,45+,46+,47+,48+,49-,50+,51-,52-,53-,54-,55-,56-,57+,58+,59-,60-,61-,62+/m1/s1. The van der Waals surface area contributed by atoms with E-state index < -0.39 is 166 Å². The molecule has 12 aliphatic rings. The number of carbonyl (C=O) groups excluding carboxylic acids is 1. The van der Waals surface area contributed by atoms with Gasteiger partial charge in [-0.15, -0.1) is 0 Å². The highest BCUT2D eigenvalue weighted by atomic mass is 16.8. The van der Waals surface area contributed by atoms with E-state index in [2.05, 4.69) is 13.8 Å². The van der Waals surface area contributed by atoms with Crippen LogP contribution in [0, 0.1) is 34.5 Å². The Hall–Kier alpha value is -1.49. The number of methoxy groups -OCH3 is 3. The number of esters is 1. The van der Waals surface area contributed by atoms with Gasteiger partial charge in [-0.1, -0.05) is 6.92 Å². The van der Waals surface area contributed by atoms with E-state index >= 15 is 0 Å². The van der Waals surface area contributed by atoms with E-state index in [1.807, 2.05) is 13.8 Å². The van der Waals surface area contributed by atoms with Gasteiger partial charge in [0.1, 0.15) is 54.9 Å². The molecule has 35 atom stereocenters. The predicted octanol–water partition coefficient (Wildman–Crippen LogP) is 2.20. The molecule has 0 amide bonds. The number of aliphatic hydroxyl groups is 6. The SMILES string of the molecule is CO[C@H]1C[C@H](O[C@H]2CC[C@@]3(COC(C)=O)[C@@H](CC[C@@H]4[C@@H]3CC[C@]3(C)[C@@H]5[C@H]6CO[C@]5(C)O[C@@]43O6)C2)O[C@H](C)[C@H]1O[C@H]1C[C@H](OC)[C@H](O[C@H]2C[C@@H](O)[C@H](O[C@H]3C[C@H](O)[C@H](O[C@H]4C[C@@H](OC)[C@H](O[C@@H]5O[C@H](CO)[C@@H](O)[C@H](O)[C@H]5O)[C@@H](C)O4)[C@@H](C)O3)[C@@H](C)O2)[C@@H](C)O1. The highest BCUT2D eigenvalue weighted by molar-refractivity contribution is 5.66. The molecule has 12 fully saturated rings. The van der Waals surface area contributed by atoms with Crippen LogP contribution in [0.5, 0.6) is 0 Å². The molecule has 0 aromatic rings. The molecule has 12 rings (SSSR count). The lowest BCUT2D eigenvalue weighted by Crippen LogP contribution is -2.63. The highest BCUT2D eigenvalue weighted by Gasteiger charge is 2.83. The molecular weight excluding hydrogens is 1160 g/mol. The molecule has 26 nitrogen and oxygen atoms in total. The van der Waals surface area contributed by atoms with Crippen LogP contribution in [0.3, 0.4) is 0 Å². The number of ether oxygens (including phenoxy) is 19. The summed E-state index contributed by atoms with van der Waals surface area (Å²) < 4.78 is 120. The van der Waals surface area contributed by atoms with Gasteiger partial charge in [-0.2, -0.15) is 0 Å². The van der Waals surface area contributed by atoms with Crippen molar-refractivity contribution in [1.29, 1.82) is 0 Å². The summed E-state index contributed by atoms with van der Waals surface area (Å²) in [5.74, 6) is -0.675. The van der Waals surface area contributed by atoms with E-state index in [9.17, 15) is 35.4 Å². The molecule has 9 aliphatic heterocycles. The van der Waals surface area contributed by atoms with Crippen LogP contribution in [-0.4, -0.2) is 255 Å². The molecule has 26 heteroatoms. The molecule has 0 radical (unpaired) electrons. The van der Waals surface area contributed by atoms with Gasteiger partial charge in [0.25, 0.3) is 0 Å². The zero-order valence-electron chi connectivity index (χ0n) is 52.9. The van der Waals surface area contributed by atoms with E-state index in [1.54, 1.807) is 35.0 Å². The lowest BCUT2D eigenvalue weighted by Gasteiger charge is -2.62. The Morgan fingerprint density at radius 2 is 1.05 bits per heavy atom. The highest BCUT2D eigenvalue weighted by Crippen LogP contribution is 2.76. The van der Waals surface area contributed by atoms with Crippen molar-refractivity contribution in [2.24, 2.45) is 34.5 Å². The van der Waals surface area contributed by atoms with Crippen molar-refractivity contribution in [1.82, 2.24) is 0 Å². The number of aliphatic hydroxyl groups excluding tert-OH is 6. The van der Waals surface area contributed by atoms with Crippen LogP contribution in [0.15, 0.2) is 0 Å². The fourth-order valence-corrected chi connectivity index (χ4v) is 18.5. The normalized spacial score (nSPS) is 55.2. The van der Waals surface area contributed by atoms with Crippen molar-refractivity contribution >= 4 is 5.97 Å². The van der Waals surface area contributed by atoms with Crippen LogP contribution in [0.1, 0.15) is 132 Å². The number of rotatable bonds is 18. The summed E-state index contributed by atoms with van der Waals surface area (Å²) in [6.07, 6.45) is -13.8. The maximum absolute atomic E-state index is 12.5. The number of hydrogen-bond donors (Lipinski definition) is 6. The Morgan fingerprint density at radius 3 is 1.55 bits per heavy atom. The zero-order chi connectivity index (χ0) is 62.5. The molecule has 88 heavy (non-hydrogen) atoms. The third-order valence-corrected chi connectivity index (χ3v) is 22.8. The molecule has 2 bridgehead atoms. The molecule has 6 N–H and O–H groups in total. The molecular formula is C62H100O26. The molecule has 3 saturated carbocycles. The first-order chi connectivity index (χ1) is 41.9. The lowest BCUT2D eigenvalue weighted by molar-refractivity contribution is -0.367. The van der Waals surface area contributed by atoms with Crippen LogP contribution in [-0.2, 0) is 94.8 Å². The Balaban J connectivity index is 0.593. The summed E-state index contributed by atoms with van der Waals surface area (Å²) in [7, 11) is 4.77. The van der Waals surface area contributed by atoms with Gasteiger partial charge in [0.2, 0.25) is 0 Å². The Bertz CT molecular complexity index is 2340. The zero-order valence-corrected chi connectivity index (χ0v) is 52.9. The van der Waals surface area contributed by atoms with E-state index in [4.69, 9.17) is 90.0 Å². The minimum Gasteiger partial charge on any atom is -0.465 e. The van der Waals surface area contributed by atoms with Crippen LogP contribution in [0.2, 0.25) is 0 Å². The number of carbonyl (C=O) groups is 1. The van der Waals surface area contributed by atoms with Crippen molar-refractivity contribution in [3.63, 3.8) is 0 Å². The first-order valence-corrected chi connectivity index (χ1v) is 32.6. The monoisotopic (exact) mass is 1260 g/mol. The topological polar surface area (TPSA) is 314 Å². The van der Waals surface area contributed by atoms with Gasteiger partial charge in [-0.05, 0) is 98.3 Å². The molecule has 0 spiro atoms. The molecule has 3 aliphatic carbocycles.